The first-order valence-corrected chi connectivity index (χ1v) is 9.19. The van der Waals surface area contributed by atoms with Crippen LogP contribution in [0.2, 0.25) is 0 Å². The largest absolute Gasteiger partial charge is 0.294 e. The molecule has 8 heteroatoms. The van der Waals surface area contributed by atoms with E-state index in [9.17, 15) is 9.59 Å². The van der Waals surface area contributed by atoms with Crippen molar-refractivity contribution < 1.29 is 9.59 Å². The first kappa shape index (κ1) is 17.4. The molecule has 0 saturated carbocycles. The Bertz CT molecular complexity index is 1030. The zero-order valence-electron chi connectivity index (χ0n) is 14.2. The van der Waals surface area contributed by atoms with Crippen molar-refractivity contribution in [3.63, 3.8) is 0 Å². The Morgan fingerprint density at radius 2 is 1.72 bits per heavy atom. The van der Waals surface area contributed by atoms with Crippen molar-refractivity contribution in [2.75, 3.05) is 0 Å². The Morgan fingerprint density at radius 1 is 1.04 bits per heavy atom. The van der Waals surface area contributed by atoms with Gasteiger partial charge in [-0.15, -0.1) is 0 Å². The predicted molar refractivity (Wildman–Crippen MR) is 98.3 cm³/mol. The molecule has 3 rings (SSSR count). The predicted octanol–water partition coefficient (Wildman–Crippen LogP) is 3.64. The summed E-state index contributed by atoms with van der Waals surface area (Å²) in [6.45, 7) is 6.78. The molecule has 2 heterocycles. The van der Waals surface area contributed by atoms with Crippen molar-refractivity contribution >= 4 is 39.4 Å². The zero-order valence-corrected chi connectivity index (χ0v) is 15.9. The van der Waals surface area contributed by atoms with Gasteiger partial charge in [-0.05, 0) is 26.0 Å². The number of nitrogens with zero attached hydrogens (tertiary/aromatic N) is 4. The van der Waals surface area contributed by atoms with Gasteiger partial charge < -0.3 is 0 Å². The SMILES string of the molecule is CC(=O)c1nn(-c2ccc(C)cc2)/c(=N/c2nc(C)c(C(C)=O)s2)s1. The van der Waals surface area contributed by atoms with Crippen LogP contribution in [0.15, 0.2) is 29.3 Å². The number of Topliss-reactive ketones (excluding diaryl/α,β-unsaturated/α-hetero) is 2. The van der Waals surface area contributed by atoms with Crippen LogP contribution in [0.3, 0.4) is 0 Å². The van der Waals surface area contributed by atoms with E-state index in [2.05, 4.69) is 15.1 Å². The van der Waals surface area contributed by atoms with E-state index in [1.54, 1.807) is 11.6 Å². The van der Waals surface area contributed by atoms with Crippen LogP contribution in [0.4, 0.5) is 5.13 Å². The smallest absolute Gasteiger partial charge is 0.215 e. The van der Waals surface area contributed by atoms with Crippen molar-refractivity contribution in [3.05, 3.63) is 50.2 Å². The molecule has 0 N–H and O–H groups in total. The molecule has 1 aromatic carbocycles. The van der Waals surface area contributed by atoms with Crippen molar-refractivity contribution in [1.29, 1.82) is 0 Å². The standard InChI is InChI=1S/C17H16N4O2S2/c1-9-5-7-13(8-6-9)21-17(25-15(20-21)12(4)23)19-16-18-10(2)14(24-16)11(3)22/h5-8H,1-4H3/b19-17-. The van der Waals surface area contributed by atoms with Crippen LogP contribution in [0.1, 0.15) is 44.6 Å². The van der Waals surface area contributed by atoms with Crippen LogP contribution >= 0.6 is 22.7 Å². The van der Waals surface area contributed by atoms with E-state index in [0.29, 0.717) is 25.5 Å². The van der Waals surface area contributed by atoms with Gasteiger partial charge in [0.25, 0.3) is 0 Å². The molecular formula is C17H16N4O2S2. The molecule has 0 amide bonds. The van der Waals surface area contributed by atoms with Gasteiger partial charge in [0, 0.05) is 13.8 Å². The van der Waals surface area contributed by atoms with Crippen molar-refractivity contribution in [3.8, 4) is 5.69 Å². The summed E-state index contributed by atoms with van der Waals surface area (Å²) in [7, 11) is 0. The number of ketones is 2. The Morgan fingerprint density at radius 3 is 2.28 bits per heavy atom. The van der Waals surface area contributed by atoms with Gasteiger partial charge in [0.1, 0.15) is 0 Å². The summed E-state index contributed by atoms with van der Waals surface area (Å²) in [5.74, 6) is -0.149. The molecule has 0 spiro atoms. The van der Waals surface area contributed by atoms with E-state index in [1.807, 2.05) is 31.2 Å². The molecule has 2 aromatic heterocycles. The van der Waals surface area contributed by atoms with Gasteiger partial charge in [-0.2, -0.15) is 10.1 Å². The molecule has 128 valence electrons. The number of aromatic nitrogens is 3. The van der Waals surface area contributed by atoms with Crippen LogP contribution in [-0.4, -0.2) is 26.3 Å². The van der Waals surface area contributed by atoms with Crippen LogP contribution in [-0.2, 0) is 0 Å². The number of thiazole rings is 1. The second kappa shape index (κ2) is 6.81. The van der Waals surface area contributed by atoms with E-state index < -0.39 is 0 Å². The fraction of sp³-hybridized carbons (Fsp3) is 0.235. The lowest BCUT2D eigenvalue weighted by Gasteiger charge is -2.01. The molecule has 0 fully saturated rings. The minimum Gasteiger partial charge on any atom is -0.294 e. The second-order valence-electron chi connectivity index (χ2n) is 5.57. The Balaban J connectivity index is 2.17. The number of carbonyl (C=O) groups excluding carboxylic acids is 2. The van der Waals surface area contributed by atoms with Crippen LogP contribution < -0.4 is 4.80 Å². The molecule has 0 atom stereocenters. The maximum atomic E-state index is 11.7. The third kappa shape index (κ3) is 3.64. The van der Waals surface area contributed by atoms with Crippen molar-refractivity contribution in [2.24, 2.45) is 4.99 Å². The molecule has 0 aliphatic carbocycles. The molecule has 0 saturated heterocycles. The molecule has 0 unspecified atom stereocenters. The van der Waals surface area contributed by atoms with Gasteiger partial charge >= 0.3 is 0 Å². The summed E-state index contributed by atoms with van der Waals surface area (Å²) < 4.78 is 1.63. The first-order valence-electron chi connectivity index (χ1n) is 7.56. The number of hydrogen-bond acceptors (Lipinski definition) is 7. The first-order chi connectivity index (χ1) is 11.8. The third-order valence-corrected chi connectivity index (χ3v) is 5.60. The van der Waals surface area contributed by atoms with Gasteiger partial charge in [0.2, 0.25) is 9.93 Å². The molecule has 25 heavy (non-hydrogen) atoms. The minimum absolute atomic E-state index is 0.0309. The Hall–Kier alpha value is -2.45. The summed E-state index contributed by atoms with van der Waals surface area (Å²) in [4.78, 5) is 33.4. The fourth-order valence-corrected chi connectivity index (χ4v) is 3.88. The summed E-state index contributed by atoms with van der Waals surface area (Å²) in [5, 5.41) is 5.22. The molecule has 0 aliphatic heterocycles. The Kier molecular flexibility index (Phi) is 4.73. The monoisotopic (exact) mass is 372 g/mol. The summed E-state index contributed by atoms with van der Waals surface area (Å²) in [6.07, 6.45) is 0. The molecular weight excluding hydrogens is 356 g/mol. The highest BCUT2D eigenvalue weighted by molar-refractivity contribution is 7.17. The average molecular weight is 372 g/mol. The second-order valence-corrected chi connectivity index (χ2v) is 7.51. The maximum Gasteiger partial charge on any atom is 0.215 e. The lowest BCUT2D eigenvalue weighted by Crippen LogP contribution is -2.14. The van der Waals surface area contributed by atoms with Gasteiger partial charge in [-0.1, -0.05) is 40.4 Å². The molecule has 0 aliphatic rings. The molecule has 0 radical (unpaired) electrons. The number of hydrogen-bond donors (Lipinski definition) is 0. The van der Waals surface area contributed by atoms with E-state index in [4.69, 9.17) is 0 Å². The van der Waals surface area contributed by atoms with Gasteiger partial charge in [0.05, 0.1) is 16.3 Å². The number of carbonyl (C=O) groups is 2. The summed E-state index contributed by atoms with van der Waals surface area (Å²) >= 11 is 2.44. The van der Waals surface area contributed by atoms with Crippen molar-refractivity contribution in [2.45, 2.75) is 27.7 Å². The van der Waals surface area contributed by atoms with E-state index in [0.717, 1.165) is 11.3 Å². The number of benzene rings is 1. The van der Waals surface area contributed by atoms with Gasteiger partial charge in [0.15, 0.2) is 16.6 Å². The molecule has 0 bridgehead atoms. The Labute approximate surface area is 152 Å². The van der Waals surface area contributed by atoms with Crippen LogP contribution in [0.5, 0.6) is 0 Å². The average Bonchev–Trinajstić information content (AvgIpc) is 3.12. The molecule has 3 aromatic rings. The normalized spacial score (nSPS) is 11.8. The highest BCUT2D eigenvalue weighted by atomic mass is 32.1. The van der Waals surface area contributed by atoms with Crippen molar-refractivity contribution in [1.82, 2.24) is 14.8 Å². The minimum atomic E-state index is -0.118. The van der Waals surface area contributed by atoms with E-state index in [1.165, 1.54) is 36.5 Å². The zero-order chi connectivity index (χ0) is 18.1. The van der Waals surface area contributed by atoms with E-state index >= 15 is 0 Å². The number of rotatable bonds is 4. The molecule has 6 nitrogen and oxygen atoms in total. The van der Waals surface area contributed by atoms with Gasteiger partial charge in [-0.25, -0.2) is 9.67 Å². The fourth-order valence-electron chi connectivity index (χ4n) is 2.19. The highest BCUT2D eigenvalue weighted by Gasteiger charge is 2.14. The number of aryl methyl sites for hydroxylation is 2. The summed E-state index contributed by atoms with van der Waals surface area (Å²) in [5.41, 5.74) is 2.61. The lowest BCUT2D eigenvalue weighted by molar-refractivity contribution is 0.100. The van der Waals surface area contributed by atoms with E-state index in [-0.39, 0.29) is 11.6 Å². The maximum absolute atomic E-state index is 11.7. The summed E-state index contributed by atoms with van der Waals surface area (Å²) in [6, 6.07) is 7.79. The van der Waals surface area contributed by atoms with Crippen LogP contribution in [0, 0.1) is 13.8 Å². The topological polar surface area (TPSA) is 77.2 Å². The highest BCUT2D eigenvalue weighted by Crippen LogP contribution is 2.25. The third-order valence-electron chi connectivity index (χ3n) is 3.44. The van der Waals surface area contributed by atoms with Crippen LogP contribution in [0.25, 0.3) is 5.69 Å². The van der Waals surface area contributed by atoms with Gasteiger partial charge in [-0.3, -0.25) is 9.59 Å². The quantitative estimate of drug-likeness (QED) is 0.655. The lowest BCUT2D eigenvalue weighted by atomic mass is 10.2.